The molecule has 1 N–H and O–H groups in total. The maximum absolute atomic E-state index is 13.8. The zero-order chi connectivity index (χ0) is 19.6. The summed E-state index contributed by atoms with van der Waals surface area (Å²) < 4.78 is 37.1. The Labute approximate surface area is 157 Å². The molecule has 140 valence electrons. The molecule has 27 heavy (non-hydrogen) atoms. The summed E-state index contributed by atoms with van der Waals surface area (Å²) in [5, 5.41) is 3.08. The number of esters is 1. The number of benzene rings is 1. The number of ether oxygens (including phenoxy) is 1. The first-order valence-corrected chi connectivity index (χ1v) is 8.78. The third-order valence-corrected chi connectivity index (χ3v) is 4.90. The SMILES string of the molecule is Cc1cc(NC(=O)c2ccco2)sc1C(=O)OC(C)c1ccc(F)cc1F. The molecule has 1 aromatic carbocycles. The maximum Gasteiger partial charge on any atom is 0.349 e. The molecule has 0 aliphatic heterocycles. The molecule has 0 saturated heterocycles. The molecule has 1 amide bonds. The van der Waals surface area contributed by atoms with Crippen molar-refractivity contribution in [3.05, 3.63) is 76.1 Å². The van der Waals surface area contributed by atoms with Crippen molar-refractivity contribution in [3.8, 4) is 0 Å². The van der Waals surface area contributed by atoms with Gasteiger partial charge >= 0.3 is 5.97 Å². The summed E-state index contributed by atoms with van der Waals surface area (Å²) in [6, 6.07) is 7.81. The number of hydrogen-bond acceptors (Lipinski definition) is 5. The summed E-state index contributed by atoms with van der Waals surface area (Å²) in [5.41, 5.74) is 0.678. The van der Waals surface area contributed by atoms with Crippen LogP contribution >= 0.6 is 11.3 Å². The highest BCUT2D eigenvalue weighted by Gasteiger charge is 2.21. The number of nitrogens with one attached hydrogen (secondary N) is 1. The molecule has 1 atom stereocenters. The maximum atomic E-state index is 13.8. The number of anilines is 1. The summed E-state index contributed by atoms with van der Waals surface area (Å²) in [5.74, 6) is -2.45. The molecule has 0 spiro atoms. The molecule has 5 nitrogen and oxygen atoms in total. The number of furan rings is 1. The lowest BCUT2D eigenvalue weighted by molar-refractivity contribution is 0.0336. The lowest BCUT2D eigenvalue weighted by Gasteiger charge is -2.14. The summed E-state index contributed by atoms with van der Waals surface area (Å²) in [6.07, 6.45) is 0.480. The van der Waals surface area contributed by atoms with Crippen molar-refractivity contribution in [2.45, 2.75) is 20.0 Å². The van der Waals surface area contributed by atoms with Gasteiger partial charge in [0.15, 0.2) is 5.76 Å². The summed E-state index contributed by atoms with van der Waals surface area (Å²) in [7, 11) is 0. The predicted molar refractivity (Wildman–Crippen MR) is 95.9 cm³/mol. The van der Waals surface area contributed by atoms with Gasteiger partial charge < -0.3 is 14.5 Å². The fourth-order valence-electron chi connectivity index (χ4n) is 2.44. The van der Waals surface area contributed by atoms with Crippen molar-refractivity contribution < 1.29 is 27.5 Å². The smallest absolute Gasteiger partial charge is 0.349 e. The fourth-order valence-corrected chi connectivity index (χ4v) is 3.39. The number of thiophene rings is 1. The monoisotopic (exact) mass is 391 g/mol. The van der Waals surface area contributed by atoms with E-state index in [0.29, 0.717) is 10.6 Å². The van der Waals surface area contributed by atoms with Crippen LogP contribution in [0.5, 0.6) is 0 Å². The van der Waals surface area contributed by atoms with Crippen LogP contribution in [0.25, 0.3) is 0 Å². The largest absolute Gasteiger partial charge is 0.459 e. The Balaban J connectivity index is 1.71. The van der Waals surface area contributed by atoms with E-state index < -0.39 is 29.6 Å². The third-order valence-electron chi connectivity index (χ3n) is 3.77. The summed E-state index contributed by atoms with van der Waals surface area (Å²) in [6.45, 7) is 3.19. The fraction of sp³-hybridized carbons (Fsp3) is 0.158. The lowest BCUT2D eigenvalue weighted by atomic mass is 10.1. The summed E-state index contributed by atoms with van der Waals surface area (Å²) in [4.78, 5) is 24.7. The van der Waals surface area contributed by atoms with Gasteiger partial charge in [-0.05, 0) is 49.7 Å². The number of carbonyl (C=O) groups excluding carboxylic acids is 2. The highest BCUT2D eigenvalue weighted by molar-refractivity contribution is 7.18. The van der Waals surface area contributed by atoms with Gasteiger partial charge in [-0.1, -0.05) is 0 Å². The molecule has 0 saturated carbocycles. The average Bonchev–Trinajstić information content (AvgIpc) is 3.24. The van der Waals surface area contributed by atoms with Crippen LogP contribution in [-0.2, 0) is 4.74 Å². The van der Waals surface area contributed by atoms with E-state index in [4.69, 9.17) is 9.15 Å². The molecule has 8 heteroatoms. The minimum Gasteiger partial charge on any atom is -0.459 e. The van der Waals surface area contributed by atoms with Gasteiger partial charge in [0.05, 0.1) is 11.3 Å². The van der Waals surface area contributed by atoms with Crippen LogP contribution in [0.3, 0.4) is 0 Å². The van der Waals surface area contributed by atoms with Crippen LogP contribution in [0.1, 0.15) is 44.4 Å². The van der Waals surface area contributed by atoms with Crippen LogP contribution in [0.15, 0.2) is 47.1 Å². The van der Waals surface area contributed by atoms with E-state index in [9.17, 15) is 18.4 Å². The van der Waals surface area contributed by atoms with Crippen molar-refractivity contribution in [1.29, 1.82) is 0 Å². The highest BCUT2D eigenvalue weighted by atomic mass is 32.1. The number of aryl methyl sites for hydroxylation is 1. The first-order valence-electron chi connectivity index (χ1n) is 7.96. The minimum atomic E-state index is -0.902. The Hall–Kier alpha value is -3.00. The first kappa shape index (κ1) is 18.8. The van der Waals surface area contributed by atoms with Gasteiger partial charge in [-0.25, -0.2) is 13.6 Å². The molecule has 3 rings (SSSR count). The Morgan fingerprint density at radius 3 is 2.67 bits per heavy atom. The van der Waals surface area contributed by atoms with Crippen molar-refractivity contribution in [2.24, 2.45) is 0 Å². The van der Waals surface area contributed by atoms with E-state index in [1.54, 1.807) is 19.1 Å². The highest BCUT2D eigenvalue weighted by Crippen LogP contribution is 2.30. The zero-order valence-corrected chi connectivity index (χ0v) is 15.2. The standard InChI is InChI=1S/C19H15F2NO4S/c1-10-8-16(22-18(23)15-4-3-7-25-15)27-17(10)19(24)26-11(2)13-6-5-12(20)9-14(13)21/h3-9,11H,1-2H3,(H,22,23). The molecule has 2 heterocycles. The Morgan fingerprint density at radius 1 is 1.22 bits per heavy atom. The Morgan fingerprint density at radius 2 is 2.00 bits per heavy atom. The average molecular weight is 391 g/mol. The second-order valence-electron chi connectivity index (χ2n) is 5.77. The molecule has 3 aromatic rings. The van der Waals surface area contributed by atoms with Crippen LogP contribution in [-0.4, -0.2) is 11.9 Å². The first-order chi connectivity index (χ1) is 12.8. The lowest BCUT2D eigenvalue weighted by Crippen LogP contribution is -2.10. The second kappa shape index (κ2) is 7.71. The minimum absolute atomic E-state index is 0.0744. The van der Waals surface area contributed by atoms with Crippen LogP contribution in [0, 0.1) is 18.6 Å². The van der Waals surface area contributed by atoms with Crippen LogP contribution in [0.4, 0.5) is 13.8 Å². The summed E-state index contributed by atoms with van der Waals surface area (Å²) >= 11 is 1.04. The van der Waals surface area contributed by atoms with Gasteiger partial charge in [0.25, 0.3) is 5.91 Å². The number of amides is 1. The molecule has 0 aliphatic rings. The van der Waals surface area contributed by atoms with Crippen molar-refractivity contribution in [1.82, 2.24) is 0 Å². The third kappa shape index (κ3) is 4.22. The number of carbonyl (C=O) groups is 2. The van der Waals surface area contributed by atoms with E-state index in [0.717, 1.165) is 23.5 Å². The van der Waals surface area contributed by atoms with Gasteiger partial charge in [-0.2, -0.15) is 0 Å². The van der Waals surface area contributed by atoms with E-state index in [-0.39, 0.29) is 16.2 Å². The molecule has 0 fully saturated rings. The van der Waals surface area contributed by atoms with Gasteiger partial charge in [-0.3, -0.25) is 4.79 Å². The van der Waals surface area contributed by atoms with E-state index >= 15 is 0 Å². The quantitative estimate of drug-likeness (QED) is 0.615. The Bertz CT molecular complexity index is 982. The predicted octanol–water partition coefficient (Wildman–Crippen LogP) is 5.10. The molecule has 0 aliphatic carbocycles. The van der Waals surface area contributed by atoms with E-state index in [1.165, 1.54) is 25.3 Å². The molecular formula is C19H15F2NO4S. The van der Waals surface area contributed by atoms with Crippen LogP contribution < -0.4 is 5.32 Å². The van der Waals surface area contributed by atoms with Gasteiger partial charge in [0, 0.05) is 11.6 Å². The van der Waals surface area contributed by atoms with Crippen molar-refractivity contribution in [3.63, 3.8) is 0 Å². The van der Waals surface area contributed by atoms with E-state index in [1.807, 2.05) is 0 Å². The Kier molecular flexibility index (Phi) is 5.36. The van der Waals surface area contributed by atoms with E-state index in [2.05, 4.69) is 5.32 Å². The van der Waals surface area contributed by atoms with Crippen LogP contribution in [0.2, 0.25) is 0 Å². The molecule has 1 unspecified atom stereocenters. The van der Waals surface area contributed by atoms with Gasteiger partial charge in [0.2, 0.25) is 0 Å². The van der Waals surface area contributed by atoms with Crippen molar-refractivity contribution in [2.75, 3.05) is 5.32 Å². The topological polar surface area (TPSA) is 68.5 Å². The number of rotatable bonds is 5. The zero-order valence-electron chi connectivity index (χ0n) is 14.4. The molecule has 2 aromatic heterocycles. The van der Waals surface area contributed by atoms with Gasteiger partial charge in [0.1, 0.15) is 22.6 Å². The second-order valence-corrected chi connectivity index (χ2v) is 6.82. The molecule has 0 bridgehead atoms. The normalized spacial score (nSPS) is 11.9. The van der Waals surface area contributed by atoms with Gasteiger partial charge in [-0.15, -0.1) is 11.3 Å². The molecule has 0 radical (unpaired) electrons. The molecular weight excluding hydrogens is 376 g/mol. The number of halogens is 2. The van der Waals surface area contributed by atoms with Crippen molar-refractivity contribution >= 4 is 28.2 Å². The number of hydrogen-bond donors (Lipinski definition) is 1.